The molecule has 20 heavy (non-hydrogen) atoms. The van der Waals surface area contributed by atoms with Crippen molar-refractivity contribution >= 4 is 16.7 Å². The number of fused-ring (bicyclic) bond motifs is 1. The smallest absolute Gasteiger partial charge is 0.160 e. The molecule has 0 saturated heterocycles. The molecule has 0 aliphatic heterocycles. The molecular weight excluding hydrogens is 246 g/mol. The molecule has 0 spiro atoms. The van der Waals surface area contributed by atoms with Crippen LogP contribution in [0.3, 0.4) is 0 Å². The van der Waals surface area contributed by atoms with Crippen LogP contribution in [0.4, 0.5) is 0 Å². The number of ketones is 1. The number of nitrogens with zero attached hydrogens (tertiary/aromatic N) is 1. The largest absolute Gasteiger partial charge is 0.294 e. The number of carbonyl (C=O) groups is 1. The average Bonchev–Trinajstić information content (AvgIpc) is 2.46. The van der Waals surface area contributed by atoms with E-state index in [0.29, 0.717) is 0 Å². The third kappa shape index (κ3) is 2.21. The van der Waals surface area contributed by atoms with Crippen LogP contribution in [0.15, 0.2) is 54.6 Å². The number of aryl methyl sites for hydroxylation is 1. The first-order valence-corrected chi connectivity index (χ1v) is 6.63. The minimum Gasteiger partial charge on any atom is -0.294 e. The molecule has 2 aromatic carbocycles. The Bertz CT molecular complexity index is 805. The number of rotatable bonds is 2. The molecule has 0 fully saturated rings. The van der Waals surface area contributed by atoms with Crippen LogP contribution in [0.2, 0.25) is 0 Å². The Morgan fingerprint density at radius 3 is 2.60 bits per heavy atom. The van der Waals surface area contributed by atoms with Crippen LogP contribution in [0.5, 0.6) is 0 Å². The molecule has 2 nitrogen and oxygen atoms in total. The minimum absolute atomic E-state index is 0.0859. The van der Waals surface area contributed by atoms with Crippen LogP contribution in [0, 0.1) is 6.92 Å². The van der Waals surface area contributed by atoms with E-state index in [9.17, 15) is 4.79 Å². The zero-order chi connectivity index (χ0) is 14.1. The van der Waals surface area contributed by atoms with E-state index in [2.05, 4.69) is 17.1 Å². The highest BCUT2D eigenvalue weighted by molar-refractivity contribution is 6.01. The second-order valence-electron chi connectivity index (χ2n) is 4.96. The summed E-state index contributed by atoms with van der Waals surface area (Å²) in [4.78, 5) is 16.2. The maximum atomic E-state index is 11.7. The Hall–Kier alpha value is -2.48. The summed E-state index contributed by atoms with van der Waals surface area (Å²) in [5, 5.41) is 1.09. The van der Waals surface area contributed by atoms with Gasteiger partial charge in [-0.15, -0.1) is 0 Å². The molecule has 0 amide bonds. The number of pyridine rings is 1. The summed E-state index contributed by atoms with van der Waals surface area (Å²) in [6, 6.07) is 17.9. The zero-order valence-corrected chi connectivity index (χ0v) is 11.6. The van der Waals surface area contributed by atoms with Crippen LogP contribution < -0.4 is 0 Å². The van der Waals surface area contributed by atoms with Gasteiger partial charge in [-0.1, -0.05) is 36.4 Å². The molecule has 98 valence electrons. The van der Waals surface area contributed by atoms with E-state index in [4.69, 9.17) is 0 Å². The molecule has 0 aliphatic carbocycles. The van der Waals surface area contributed by atoms with Gasteiger partial charge >= 0.3 is 0 Å². The van der Waals surface area contributed by atoms with Gasteiger partial charge in [0.05, 0.1) is 5.52 Å². The van der Waals surface area contributed by atoms with Gasteiger partial charge in [0.1, 0.15) is 0 Å². The van der Waals surface area contributed by atoms with Crippen LogP contribution in [0.1, 0.15) is 23.0 Å². The highest BCUT2D eigenvalue weighted by atomic mass is 16.1. The number of hydrogen-bond acceptors (Lipinski definition) is 2. The van der Waals surface area contributed by atoms with Gasteiger partial charge in [-0.05, 0) is 43.2 Å². The van der Waals surface area contributed by atoms with Gasteiger partial charge in [-0.2, -0.15) is 0 Å². The summed E-state index contributed by atoms with van der Waals surface area (Å²) in [6.07, 6.45) is 0. The number of hydrogen-bond donors (Lipinski definition) is 0. The van der Waals surface area contributed by atoms with Gasteiger partial charge in [0.25, 0.3) is 0 Å². The van der Waals surface area contributed by atoms with Crippen molar-refractivity contribution in [2.45, 2.75) is 13.8 Å². The molecule has 3 aromatic rings. The van der Waals surface area contributed by atoms with Gasteiger partial charge in [-0.3, -0.25) is 9.78 Å². The lowest BCUT2D eigenvalue weighted by Gasteiger charge is -2.08. The first kappa shape index (κ1) is 12.5. The lowest BCUT2D eigenvalue weighted by atomic mass is 9.96. The van der Waals surface area contributed by atoms with E-state index in [1.54, 1.807) is 6.92 Å². The van der Waals surface area contributed by atoms with Gasteiger partial charge in [-0.25, -0.2) is 0 Å². The van der Waals surface area contributed by atoms with Crippen molar-refractivity contribution in [2.75, 3.05) is 0 Å². The molecule has 1 aromatic heterocycles. The molecule has 1 heterocycles. The lowest BCUT2D eigenvalue weighted by Crippen LogP contribution is -1.95. The fourth-order valence-electron chi connectivity index (χ4n) is 2.44. The SMILES string of the molecule is CC(=O)c1ccccc1-c1ccc2nc(C)ccc2c1. The van der Waals surface area contributed by atoms with Crippen molar-refractivity contribution in [3.63, 3.8) is 0 Å². The van der Waals surface area contributed by atoms with Gasteiger partial charge < -0.3 is 0 Å². The van der Waals surface area contributed by atoms with Crippen molar-refractivity contribution in [1.82, 2.24) is 4.98 Å². The van der Waals surface area contributed by atoms with Gasteiger partial charge in [0.2, 0.25) is 0 Å². The van der Waals surface area contributed by atoms with E-state index in [0.717, 1.165) is 33.3 Å². The van der Waals surface area contributed by atoms with E-state index in [1.807, 2.05) is 49.4 Å². The van der Waals surface area contributed by atoms with Crippen molar-refractivity contribution in [3.05, 3.63) is 65.9 Å². The van der Waals surface area contributed by atoms with Crippen LogP contribution in [-0.4, -0.2) is 10.8 Å². The van der Waals surface area contributed by atoms with Crippen LogP contribution in [0.25, 0.3) is 22.0 Å². The Labute approximate surface area is 118 Å². The summed E-state index contributed by atoms with van der Waals surface area (Å²) in [7, 11) is 0. The van der Waals surface area contributed by atoms with E-state index in [-0.39, 0.29) is 5.78 Å². The number of aromatic nitrogens is 1. The number of benzene rings is 2. The van der Waals surface area contributed by atoms with Crippen molar-refractivity contribution in [2.24, 2.45) is 0 Å². The van der Waals surface area contributed by atoms with E-state index in [1.165, 1.54) is 0 Å². The van der Waals surface area contributed by atoms with Crippen LogP contribution in [-0.2, 0) is 0 Å². The molecular formula is C18H15NO. The second-order valence-corrected chi connectivity index (χ2v) is 4.96. The molecule has 0 saturated carbocycles. The molecule has 0 N–H and O–H groups in total. The van der Waals surface area contributed by atoms with E-state index >= 15 is 0 Å². The fraction of sp³-hybridized carbons (Fsp3) is 0.111. The highest BCUT2D eigenvalue weighted by Gasteiger charge is 2.09. The van der Waals surface area contributed by atoms with Gasteiger partial charge in [0.15, 0.2) is 5.78 Å². The zero-order valence-electron chi connectivity index (χ0n) is 11.6. The third-order valence-electron chi connectivity index (χ3n) is 3.45. The van der Waals surface area contributed by atoms with Crippen molar-refractivity contribution in [3.8, 4) is 11.1 Å². The van der Waals surface area contributed by atoms with Gasteiger partial charge in [0, 0.05) is 16.6 Å². The van der Waals surface area contributed by atoms with Crippen molar-refractivity contribution < 1.29 is 4.79 Å². The second kappa shape index (κ2) is 4.89. The topological polar surface area (TPSA) is 30.0 Å². The molecule has 2 heteroatoms. The molecule has 3 rings (SSSR count). The average molecular weight is 261 g/mol. The Morgan fingerprint density at radius 1 is 1.00 bits per heavy atom. The normalized spacial score (nSPS) is 10.7. The number of Topliss-reactive ketones (excluding diaryl/α,β-unsaturated/α-hetero) is 1. The Morgan fingerprint density at radius 2 is 1.80 bits per heavy atom. The summed E-state index contributed by atoms with van der Waals surface area (Å²) in [5.74, 6) is 0.0859. The molecule has 0 atom stereocenters. The monoisotopic (exact) mass is 261 g/mol. The standard InChI is InChI=1S/C18H15NO/c1-12-7-8-15-11-14(9-10-18(15)19-12)17-6-4-3-5-16(17)13(2)20/h3-11H,1-2H3. The quantitative estimate of drug-likeness (QED) is 0.639. The predicted octanol–water partition coefficient (Wildman–Crippen LogP) is 4.41. The lowest BCUT2D eigenvalue weighted by molar-refractivity contribution is 0.101. The maximum absolute atomic E-state index is 11.7. The molecule has 0 bridgehead atoms. The molecule has 0 aliphatic rings. The highest BCUT2D eigenvalue weighted by Crippen LogP contribution is 2.27. The Kier molecular flexibility index (Phi) is 3.07. The van der Waals surface area contributed by atoms with Crippen molar-refractivity contribution in [1.29, 1.82) is 0 Å². The fourth-order valence-corrected chi connectivity index (χ4v) is 2.44. The number of carbonyl (C=O) groups excluding carboxylic acids is 1. The Balaban J connectivity index is 2.20. The summed E-state index contributed by atoms with van der Waals surface area (Å²) >= 11 is 0. The van der Waals surface area contributed by atoms with E-state index < -0.39 is 0 Å². The first-order chi connectivity index (χ1) is 9.65. The predicted molar refractivity (Wildman–Crippen MR) is 81.9 cm³/mol. The summed E-state index contributed by atoms with van der Waals surface area (Å²) < 4.78 is 0. The molecule has 0 radical (unpaired) electrons. The first-order valence-electron chi connectivity index (χ1n) is 6.63. The molecule has 0 unspecified atom stereocenters. The summed E-state index contributed by atoms with van der Waals surface area (Å²) in [6.45, 7) is 3.59. The summed E-state index contributed by atoms with van der Waals surface area (Å²) in [5.41, 5.74) is 4.77. The minimum atomic E-state index is 0.0859. The van der Waals surface area contributed by atoms with Crippen LogP contribution >= 0.6 is 0 Å². The third-order valence-corrected chi connectivity index (χ3v) is 3.45. The maximum Gasteiger partial charge on any atom is 0.160 e.